The van der Waals surface area contributed by atoms with Gasteiger partial charge in [-0.2, -0.15) is 0 Å². The van der Waals surface area contributed by atoms with Crippen LogP contribution in [0.15, 0.2) is 18.2 Å². The zero-order valence-corrected chi connectivity index (χ0v) is 13.4. The predicted molar refractivity (Wildman–Crippen MR) is 85.3 cm³/mol. The van der Waals surface area contributed by atoms with Gasteiger partial charge in [0.25, 0.3) is 0 Å². The maximum Gasteiger partial charge on any atom is 0.161 e. The quantitative estimate of drug-likeness (QED) is 0.920. The molecule has 0 spiro atoms. The molecule has 2 unspecified atom stereocenters. The fourth-order valence-electron chi connectivity index (χ4n) is 3.78. The van der Waals surface area contributed by atoms with Crippen molar-refractivity contribution in [3.63, 3.8) is 0 Å². The van der Waals surface area contributed by atoms with Crippen molar-refractivity contribution in [3.8, 4) is 11.5 Å². The maximum atomic E-state index is 5.78. The number of hydrogen-bond donors (Lipinski definition) is 1. The lowest BCUT2D eigenvalue weighted by molar-refractivity contribution is 0.170. The SMILES string of the molecule is CC(C)NCC1(c2ccc3c(c2)OCCO3)CCCC1C. The van der Waals surface area contributed by atoms with Crippen LogP contribution in [0.25, 0.3) is 0 Å². The molecule has 1 saturated carbocycles. The minimum absolute atomic E-state index is 0.236. The Morgan fingerprint density at radius 3 is 2.67 bits per heavy atom. The van der Waals surface area contributed by atoms with Gasteiger partial charge in [0.1, 0.15) is 13.2 Å². The van der Waals surface area contributed by atoms with Gasteiger partial charge < -0.3 is 14.8 Å². The molecule has 1 aliphatic carbocycles. The first kappa shape index (κ1) is 14.7. The maximum absolute atomic E-state index is 5.78. The Labute approximate surface area is 128 Å². The lowest BCUT2D eigenvalue weighted by Crippen LogP contribution is -2.42. The van der Waals surface area contributed by atoms with Gasteiger partial charge in [-0.25, -0.2) is 0 Å². The molecule has 3 rings (SSSR count). The van der Waals surface area contributed by atoms with Crippen LogP contribution in [0.4, 0.5) is 0 Å². The van der Waals surface area contributed by atoms with E-state index in [9.17, 15) is 0 Å². The molecule has 1 heterocycles. The third-order valence-electron chi connectivity index (χ3n) is 5.15. The highest BCUT2D eigenvalue weighted by atomic mass is 16.6. The van der Waals surface area contributed by atoms with E-state index in [1.54, 1.807) is 0 Å². The van der Waals surface area contributed by atoms with Crippen LogP contribution >= 0.6 is 0 Å². The van der Waals surface area contributed by atoms with E-state index in [4.69, 9.17) is 9.47 Å². The molecule has 3 heteroatoms. The Hall–Kier alpha value is -1.22. The molecule has 0 saturated heterocycles. The molecular formula is C18H27NO2. The molecule has 2 aliphatic rings. The number of rotatable bonds is 4. The van der Waals surface area contributed by atoms with Crippen molar-refractivity contribution in [2.24, 2.45) is 5.92 Å². The smallest absolute Gasteiger partial charge is 0.161 e. The van der Waals surface area contributed by atoms with Gasteiger partial charge in [-0.05, 0) is 36.5 Å². The van der Waals surface area contributed by atoms with Gasteiger partial charge in [-0.3, -0.25) is 0 Å². The average molecular weight is 289 g/mol. The molecule has 1 aromatic rings. The van der Waals surface area contributed by atoms with Crippen LogP contribution in [0.5, 0.6) is 11.5 Å². The van der Waals surface area contributed by atoms with E-state index in [1.807, 2.05) is 0 Å². The Morgan fingerprint density at radius 2 is 2.00 bits per heavy atom. The van der Waals surface area contributed by atoms with Crippen molar-refractivity contribution in [2.45, 2.75) is 51.5 Å². The summed E-state index contributed by atoms with van der Waals surface area (Å²) >= 11 is 0. The minimum Gasteiger partial charge on any atom is -0.486 e. The number of nitrogens with one attached hydrogen (secondary N) is 1. The highest BCUT2D eigenvalue weighted by Crippen LogP contribution is 2.47. The lowest BCUT2D eigenvalue weighted by Gasteiger charge is -2.36. The van der Waals surface area contributed by atoms with E-state index in [1.165, 1.54) is 24.8 Å². The second-order valence-electron chi connectivity index (χ2n) is 6.84. The molecule has 1 fully saturated rings. The first-order valence-electron chi connectivity index (χ1n) is 8.25. The summed E-state index contributed by atoms with van der Waals surface area (Å²) in [4.78, 5) is 0. The third-order valence-corrected chi connectivity index (χ3v) is 5.15. The molecule has 0 aromatic heterocycles. The highest BCUT2D eigenvalue weighted by Gasteiger charge is 2.42. The van der Waals surface area contributed by atoms with Crippen LogP contribution in [0, 0.1) is 5.92 Å². The highest BCUT2D eigenvalue weighted by molar-refractivity contribution is 5.46. The zero-order valence-electron chi connectivity index (χ0n) is 13.4. The summed E-state index contributed by atoms with van der Waals surface area (Å²) in [5, 5.41) is 3.67. The van der Waals surface area contributed by atoms with E-state index < -0.39 is 0 Å². The fraction of sp³-hybridized carbons (Fsp3) is 0.667. The van der Waals surface area contributed by atoms with Crippen LogP contribution in [-0.2, 0) is 5.41 Å². The summed E-state index contributed by atoms with van der Waals surface area (Å²) in [5.74, 6) is 2.51. The van der Waals surface area contributed by atoms with Crippen LogP contribution < -0.4 is 14.8 Å². The van der Waals surface area contributed by atoms with Crippen molar-refractivity contribution in [1.82, 2.24) is 5.32 Å². The lowest BCUT2D eigenvalue weighted by atomic mass is 9.72. The molecular weight excluding hydrogens is 262 g/mol. The molecule has 21 heavy (non-hydrogen) atoms. The van der Waals surface area contributed by atoms with E-state index in [2.05, 4.69) is 44.3 Å². The van der Waals surface area contributed by atoms with Crippen LogP contribution in [0.3, 0.4) is 0 Å². The topological polar surface area (TPSA) is 30.5 Å². The monoisotopic (exact) mass is 289 g/mol. The summed E-state index contributed by atoms with van der Waals surface area (Å²) in [6, 6.07) is 7.08. The van der Waals surface area contributed by atoms with Crippen LogP contribution in [0.2, 0.25) is 0 Å². The third kappa shape index (κ3) is 2.76. The Balaban J connectivity index is 1.92. The second-order valence-corrected chi connectivity index (χ2v) is 6.84. The second kappa shape index (κ2) is 5.88. The summed E-state index contributed by atoms with van der Waals surface area (Å²) in [5.41, 5.74) is 1.64. The van der Waals surface area contributed by atoms with Crippen molar-refractivity contribution in [2.75, 3.05) is 19.8 Å². The zero-order chi connectivity index (χ0) is 14.9. The van der Waals surface area contributed by atoms with E-state index >= 15 is 0 Å². The number of ether oxygens (including phenoxy) is 2. The molecule has 0 amide bonds. The van der Waals surface area contributed by atoms with E-state index in [0.29, 0.717) is 25.2 Å². The van der Waals surface area contributed by atoms with Crippen molar-refractivity contribution in [1.29, 1.82) is 0 Å². The van der Waals surface area contributed by atoms with Crippen molar-refractivity contribution < 1.29 is 9.47 Å². The normalized spacial score (nSPS) is 28.1. The number of benzene rings is 1. The predicted octanol–water partition coefficient (Wildman–Crippen LogP) is 3.51. The van der Waals surface area contributed by atoms with Crippen LogP contribution in [-0.4, -0.2) is 25.8 Å². The number of hydrogen-bond acceptors (Lipinski definition) is 3. The Bertz CT molecular complexity index is 500. The minimum atomic E-state index is 0.236. The molecule has 1 aliphatic heterocycles. The van der Waals surface area contributed by atoms with Crippen LogP contribution in [0.1, 0.15) is 45.6 Å². The molecule has 116 valence electrons. The standard InChI is InChI=1S/C18H27NO2/c1-13(2)19-12-18(8-4-5-14(18)3)15-6-7-16-17(11-15)21-10-9-20-16/h6-7,11,13-14,19H,4-5,8-10,12H2,1-3H3. The summed E-state index contributed by atoms with van der Waals surface area (Å²) in [7, 11) is 0. The largest absolute Gasteiger partial charge is 0.486 e. The summed E-state index contributed by atoms with van der Waals surface area (Å²) < 4.78 is 11.4. The molecule has 2 atom stereocenters. The molecule has 0 bridgehead atoms. The Morgan fingerprint density at radius 1 is 1.24 bits per heavy atom. The van der Waals surface area contributed by atoms with Crippen molar-refractivity contribution in [3.05, 3.63) is 23.8 Å². The van der Waals surface area contributed by atoms with E-state index in [0.717, 1.165) is 18.0 Å². The van der Waals surface area contributed by atoms with Gasteiger partial charge in [0.2, 0.25) is 0 Å². The molecule has 3 nitrogen and oxygen atoms in total. The van der Waals surface area contributed by atoms with Gasteiger partial charge in [-0.1, -0.05) is 33.3 Å². The van der Waals surface area contributed by atoms with Gasteiger partial charge in [0.15, 0.2) is 11.5 Å². The molecule has 0 radical (unpaired) electrons. The molecule has 1 aromatic carbocycles. The summed E-state index contributed by atoms with van der Waals surface area (Å²) in [6.07, 6.45) is 3.89. The first-order valence-corrected chi connectivity index (χ1v) is 8.25. The molecule has 1 N–H and O–H groups in total. The Kier molecular flexibility index (Phi) is 4.12. The fourth-order valence-corrected chi connectivity index (χ4v) is 3.78. The average Bonchev–Trinajstić information content (AvgIpc) is 2.87. The van der Waals surface area contributed by atoms with Gasteiger partial charge in [0.05, 0.1) is 0 Å². The first-order chi connectivity index (χ1) is 10.1. The summed E-state index contributed by atoms with van der Waals surface area (Å²) in [6.45, 7) is 9.19. The number of fused-ring (bicyclic) bond motifs is 1. The van der Waals surface area contributed by atoms with Gasteiger partial charge in [0, 0.05) is 18.0 Å². The van der Waals surface area contributed by atoms with Gasteiger partial charge >= 0.3 is 0 Å². The van der Waals surface area contributed by atoms with Crippen molar-refractivity contribution >= 4 is 0 Å². The van der Waals surface area contributed by atoms with Gasteiger partial charge in [-0.15, -0.1) is 0 Å². The van der Waals surface area contributed by atoms with E-state index in [-0.39, 0.29) is 5.41 Å².